The van der Waals surface area contributed by atoms with Crippen molar-refractivity contribution in [2.45, 2.75) is 25.3 Å². The van der Waals surface area contributed by atoms with Crippen molar-refractivity contribution in [3.05, 3.63) is 0 Å². The lowest BCUT2D eigenvalue weighted by molar-refractivity contribution is -0.137. The number of aliphatic carboxylic acids is 1. The molecule has 1 saturated heterocycles. The molecule has 7 heteroatoms. The molecule has 0 aromatic heterocycles. The van der Waals surface area contributed by atoms with Gasteiger partial charge in [0.1, 0.15) is 6.54 Å². The zero-order valence-electron chi connectivity index (χ0n) is 11.5. The molecule has 0 spiro atoms. The molecular formula is C12H22N2O5. The summed E-state index contributed by atoms with van der Waals surface area (Å²) in [5.74, 6) is -1.04. The molecule has 7 nitrogen and oxygen atoms in total. The lowest BCUT2D eigenvalue weighted by atomic mass is 9.93. The summed E-state index contributed by atoms with van der Waals surface area (Å²) in [6, 6.07) is -0.371. The number of carbonyl (C=O) groups is 2. The Labute approximate surface area is 112 Å². The van der Waals surface area contributed by atoms with Crippen molar-refractivity contribution in [2.75, 3.05) is 40.0 Å². The molecule has 0 aliphatic carbocycles. The summed E-state index contributed by atoms with van der Waals surface area (Å²) in [4.78, 5) is 24.1. The Morgan fingerprint density at radius 3 is 2.58 bits per heavy atom. The van der Waals surface area contributed by atoms with Gasteiger partial charge in [0.2, 0.25) is 0 Å². The van der Waals surface area contributed by atoms with Crippen LogP contribution in [0.5, 0.6) is 0 Å². The van der Waals surface area contributed by atoms with Crippen molar-refractivity contribution in [1.29, 1.82) is 0 Å². The highest BCUT2D eigenvalue weighted by Crippen LogP contribution is 2.19. The average molecular weight is 274 g/mol. The summed E-state index contributed by atoms with van der Waals surface area (Å²) >= 11 is 0. The molecule has 1 rings (SSSR count). The molecule has 0 unspecified atom stereocenters. The molecule has 1 aliphatic heterocycles. The van der Waals surface area contributed by atoms with E-state index in [-0.39, 0.29) is 24.7 Å². The standard InChI is InChI=1S/C12H22N2O5/c1-12(3-6-19-7-4-12)13-11(17)14(5-8-18-2)9-10(15)16/h3-9H2,1-2H3,(H,13,17)(H,15,16). The molecule has 0 aromatic carbocycles. The third kappa shape index (κ3) is 5.44. The van der Waals surface area contributed by atoms with Crippen molar-refractivity contribution >= 4 is 12.0 Å². The number of nitrogens with zero attached hydrogens (tertiary/aromatic N) is 1. The molecule has 0 aromatic rings. The van der Waals surface area contributed by atoms with Crippen LogP contribution < -0.4 is 5.32 Å². The fraction of sp³-hybridized carbons (Fsp3) is 0.833. The number of carbonyl (C=O) groups excluding carboxylic acids is 1. The van der Waals surface area contributed by atoms with Gasteiger partial charge in [-0.25, -0.2) is 4.79 Å². The third-order valence-corrected chi connectivity index (χ3v) is 3.18. The maximum Gasteiger partial charge on any atom is 0.323 e. The molecule has 19 heavy (non-hydrogen) atoms. The van der Waals surface area contributed by atoms with Gasteiger partial charge in [0.25, 0.3) is 0 Å². The summed E-state index contributed by atoms with van der Waals surface area (Å²) < 4.78 is 10.1. The van der Waals surface area contributed by atoms with Gasteiger partial charge in [0.15, 0.2) is 0 Å². The maximum atomic E-state index is 12.1. The van der Waals surface area contributed by atoms with Gasteiger partial charge in [-0.15, -0.1) is 0 Å². The maximum absolute atomic E-state index is 12.1. The highest BCUT2D eigenvalue weighted by molar-refractivity contribution is 5.80. The van der Waals surface area contributed by atoms with Crippen LogP contribution in [0.15, 0.2) is 0 Å². The Balaban J connectivity index is 2.56. The second-order valence-corrected chi connectivity index (χ2v) is 4.91. The van der Waals surface area contributed by atoms with Crippen LogP contribution in [0.3, 0.4) is 0 Å². The number of urea groups is 1. The Morgan fingerprint density at radius 2 is 2.05 bits per heavy atom. The summed E-state index contributed by atoms with van der Waals surface area (Å²) in [5, 5.41) is 11.7. The Kier molecular flexibility index (Phi) is 6.04. The zero-order chi connectivity index (χ0) is 14.3. The summed E-state index contributed by atoms with van der Waals surface area (Å²) in [6.45, 7) is 3.38. The van der Waals surface area contributed by atoms with Gasteiger partial charge in [0.05, 0.1) is 6.61 Å². The number of carboxylic acids is 1. The molecule has 1 aliphatic rings. The van der Waals surface area contributed by atoms with Crippen LogP contribution in [0.2, 0.25) is 0 Å². The molecule has 0 saturated carbocycles. The first-order valence-electron chi connectivity index (χ1n) is 6.32. The van der Waals surface area contributed by atoms with Gasteiger partial charge >= 0.3 is 12.0 Å². The highest BCUT2D eigenvalue weighted by Gasteiger charge is 2.31. The van der Waals surface area contributed by atoms with Crippen molar-refractivity contribution in [1.82, 2.24) is 10.2 Å². The van der Waals surface area contributed by atoms with Gasteiger partial charge in [-0.2, -0.15) is 0 Å². The number of nitrogens with one attached hydrogen (secondary N) is 1. The topological polar surface area (TPSA) is 88.1 Å². The largest absolute Gasteiger partial charge is 0.480 e. The van der Waals surface area contributed by atoms with E-state index in [0.29, 0.717) is 19.8 Å². The number of hydrogen-bond acceptors (Lipinski definition) is 4. The van der Waals surface area contributed by atoms with Crippen molar-refractivity contribution in [2.24, 2.45) is 0 Å². The minimum Gasteiger partial charge on any atom is -0.480 e. The zero-order valence-corrected chi connectivity index (χ0v) is 11.5. The third-order valence-electron chi connectivity index (χ3n) is 3.18. The fourth-order valence-corrected chi connectivity index (χ4v) is 1.90. The van der Waals surface area contributed by atoms with Gasteiger partial charge in [-0.1, -0.05) is 0 Å². The molecule has 0 radical (unpaired) electrons. The number of amides is 2. The van der Waals surface area contributed by atoms with Crippen LogP contribution in [0, 0.1) is 0 Å². The van der Waals surface area contributed by atoms with E-state index in [1.165, 1.54) is 12.0 Å². The van der Waals surface area contributed by atoms with E-state index in [0.717, 1.165) is 12.8 Å². The van der Waals surface area contributed by atoms with E-state index in [1.54, 1.807) is 0 Å². The minimum atomic E-state index is -1.04. The fourth-order valence-electron chi connectivity index (χ4n) is 1.90. The van der Waals surface area contributed by atoms with Crippen LogP contribution in [0.25, 0.3) is 0 Å². The van der Waals surface area contributed by atoms with Crippen LogP contribution in [0.4, 0.5) is 4.79 Å². The Bertz CT molecular complexity index is 315. The van der Waals surface area contributed by atoms with Crippen molar-refractivity contribution < 1.29 is 24.2 Å². The van der Waals surface area contributed by atoms with Crippen molar-refractivity contribution in [3.63, 3.8) is 0 Å². The Hall–Kier alpha value is -1.34. The minimum absolute atomic E-state index is 0.251. The summed E-state index contributed by atoms with van der Waals surface area (Å²) in [7, 11) is 1.51. The van der Waals surface area contributed by atoms with Crippen LogP contribution in [0.1, 0.15) is 19.8 Å². The smallest absolute Gasteiger partial charge is 0.323 e. The predicted molar refractivity (Wildman–Crippen MR) is 68.1 cm³/mol. The van der Waals surface area contributed by atoms with Gasteiger partial charge in [0, 0.05) is 32.4 Å². The van der Waals surface area contributed by atoms with E-state index in [4.69, 9.17) is 14.6 Å². The normalized spacial score (nSPS) is 17.8. The lowest BCUT2D eigenvalue weighted by Crippen LogP contribution is -2.55. The number of hydrogen-bond donors (Lipinski definition) is 2. The average Bonchev–Trinajstić information content (AvgIpc) is 2.34. The first-order valence-corrected chi connectivity index (χ1v) is 6.32. The van der Waals surface area contributed by atoms with Gasteiger partial charge < -0.3 is 24.8 Å². The molecule has 1 fully saturated rings. The molecule has 2 N–H and O–H groups in total. The molecule has 2 amide bonds. The second kappa shape index (κ2) is 7.30. The molecular weight excluding hydrogens is 252 g/mol. The molecule has 0 bridgehead atoms. The summed E-state index contributed by atoms with van der Waals surface area (Å²) in [6.07, 6.45) is 1.45. The van der Waals surface area contributed by atoms with Crippen LogP contribution in [-0.2, 0) is 14.3 Å². The van der Waals surface area contributed by atoms with E-state index < -0.39 is 5.97 Å². The van der Waals surface area contributed by atoms with E-state index >= 15 is 0 Å². The predicted octanol–water partition coefficient (Wildman–Crippen LogP) is 0.298. The van der Waals surface area contributed by atoms with Gasteiger partial charge in [-0.3, -0.25) is 4.79 Å². The number of ether oxygens (including phenoxy) is 2. The van der Waals surface area contributed by atoms with E-state index in [1.807, 2.05) is 6.92 Å². The Morgan fingerprint density at radius 1 is 1.42 bits per heavy atom. The number of carboxylic acid groups (broad SMARTS) is 1. The molecule has 0 atom stereocenters. The van der Waals surface area contributed by atoms with Crippen LogP contribution >= 0.6 is 0 Å². The lowest BCUT2D eigenvalue weighted by Gasteiger charge is -2.36. The SMILES string of the molecule is COCCN(CC(=O)O)C(=O)NC1(C)CCOCC1. The van der Waals surface area contributed by atoms with Gasteiger partial charge in [-0.05, 0) is 19.8 Å². The first kappa shape index (κ1) is 15.7. The second-order valence-electron chi connectivity index (χ2n) is 4.91. The highest BCUT2D eigenvalue weighted by atomic mass is 16.5. The summed E-state index contributed by atoms with van der Waals surface area (Å²) in [5.41, 5.74) is -0.334. The first-order chi connectivity index (χ1) is 8.97. The molecule has 1 heterocycles. The quantitative estimate of drug-likeness (QED) is 0.727. The number of rotatable bonds is 6. The van der Waals surface area contributed by atoms with Crippen molar-refractivity contribution in [3.8, 4) is 0 Å². The monoisotopic (exact) mass is 274 g/mol. The molecule has 110 valence electrons. The number of methoxy groups -OCH3 is 1. The van der Waals surface area contributed by atoms with E-state index in [2.05, 4.69) is 5.32 Å². The van der Waals surface area contributed by atoms with Crippen LogP contribution in [-0.4, -0.2) is 67.6 Å². The van der Waals surface area contributed by atoms with E-state index in [9.17, 15) is 9.59 Å².